The Balaban J connectivity index is 1.77. The smallest absolute Gasteiger partial charge is 0.186 e. The van der Waals surface area contributed by atoms with Gasteiger partial charge in [-0.2, -0.15) is 0 Å². The monoisotopic (exact) mass is 465 g/mol. The molecule has 3 N–H and O–H groups in total. The molecule has 5 atom stereocenters. The molecule has 0 aliphatic carbocycles. The fourth-order valence-electron chi connectivity index (χ4n) is 3.61. The molecule has 1 aliphatic heterocycles. The Morgan fingerprint density at radius 2 is 1.72 bits per heavy atom. The van der Waals surface area contributed by atoms with Crippen molar-refractivity contribution in [1.82, 2.24) is 4.90 Å². The van der Waals surface area contributed by atoms with E-state index in [1.807, 2.05) is 56.3 Å². The number of likely N-dealkylation sites (N-methyl/N-ethyl adjacent to an activating group) is 1. The summed E-state index contributed by atoms with van der Waals surface area (Å²) >= 11 is 6.43. The number of halogens is 1. The van der Waals surface area contributed by atoms with Gasteiger partial charge in [-0.15, -0.1) is 0 Å². The highest BCUT2D eigenvalue weighted by Gasteiger charge is 2.45. The van der Waals surface area contributed by atoms with Crippen molar-refractivity contribution in [2.75, 3.05) is 33.9 Å². The van der Waals surface area contributed by atoms with E-state index in [4.69, 9.17) is 25.8 Å². The summed E-state index contributed by atoms with van der Waals surface area (Å²) < 4.78 is 17.0. The van der Waals surface area contributed by atoms with E-state index < -0.39 is 30.7 Å². The number of benzene rings is 2. The Hall–Kier alpha value is -1.71. The van der Waals surface area contributed by atoms with Gasteiger partial charge in [0.15, 0.2) is 6.29 Å². The lowest BCUT2D eigenvalue weighted by atomic mass is 9.92. The summed E-state index contributed by atoms with van der Waals surface area (Å²) in [6, 6.07) is 13.1. The molecular formula is C24H32ClNO6. The van der Waals surface area contributed by atoms with Gasteiger partial charge in [-0.1, -0.05) is 35.9 Å². The number of hydrogen-bond donors (Lipinski definition) is 3. The van der Waals surface area contributed by atoms with Crippen LogP contribution in [0.2, 0.25) is 5.02 Å². The van der Waals surface area contributed by atoms with E-state index in [0.717, 1.165) is 16.9 Å². The topological polar surface area (TPSA) is 91.6 Å². The average molecular weight is 466 g/mol. The second-order valence-electron chi connectivity index (χ2n) is 8.18. The van der Waals surface area contributed by atoms with Crippen molar-refractivity contribution in [1.29, 1.82) is 0 Å². The third-order valence-electron chi connectivity index (χ3n) is 5.42. The van der Waals surface area contributed by atoms with E-state index >= 15 is 0 Å². The van der Waals surface area contributed by atoms with Crippen LogP contribution in [0.25, 0.3) is 0 Å². The second-order valence-corrected chi connectivity index (χ2v) is 8.58. The zero-order valence-electron chi connectivity index (χ0n) is 18.6. The molecule has 1 aliphatic rings. The number of ether oxygens (including phenoxy) is 3. The van der Waals surface area contributed by atoms with Gasteiger partial charge < -0.3 is 34.4 Å². The number of nitrogens with zero attached hydrogens (tertiary/aromatic N) is 1. The highest BCUT2D eigenvalue weighted by molar-refractivity contribution is 6.31. The van der Waals surface area contributed by atoms with Gasteiger partial charge in [-0.3, -0.25) is 0 Å². The first kappa shape index (κ1) is 24.9. The van der Waals surface area contributed by atoms with Crippen LogP contribution in [0.3, 0.4) is 0 Å². The van der Waals surface area contributed by atoms with E-state index in [-0.39, 0.29) is 0 Å². The predicted molar refractivity (Wildman–Crippen MR) is 122 cm³/mol. The van der Waals surface area contributed by atoms with E-state index in [1.165, 1.54) is 0 Å². The highest BCUT2D eigenvalue weighted by atomic mass is 35.5. The number of aliphatic hydroxyl groups excluding tert-OH is 3. The lowest BCUT2D eigenvalue weighted by Crippen LogP contribution is -2.55. The van der Waals surface area contributed by atoms with Gasteiger partial charge in [0.25, 0.3) is 0 Å². The molecule has 0 amide bonds. The van der Waals surface area contributed by atoms with Crippen LogP contribution >= 0.6 is 11.6 Å². The van der Waals surface area contributed by atoms with Gasteiger partial charge in [0.2, 0.25) is 0 Å². The van der Waals surface area contributed by atoms with E-state index in [9.17, 15) is 15.3 Å². The molecule has 8 heteroatoms. The molecule has 1 fully saturated rings. The Morgan fingerprint density at radius 3 is 2.38 bits per heavy atom. The fourth-order valence-corrected chi connectivity index (χ4v) is 3.79. The number of rotatable bonds is 9. The van der Waals surface area contributed by atoms with E-state index in [0.29, 0.717) is 36.8 Å². The third-order valence-corrected chi connectivity index (χ3v) is 5.79. The Labute approximate surface area is 194 Å². The molecule has 2 aromatic carbocycles. The summed E-state index contributed by atoms with van der Waals surface area (Å²) in [6.07, 6.45) is -5.39. The second kappa shape index (κ2) is 11.4. The molecule has 1 saturated heterocycles. The zero-order chi connectivity index (χ0) is 23.3. The van der Waals surface area contributed by atoms with Gasteiger partial charge >= 0.3 is 0 Å². The minimum Gasteiger partial charge on any atom is -0.494 e. The van der Waals surface area contributed by atoms with Gasteiger partial charge in [0.1, 0.15) is 30.2 Å². The molecule has 0 bridgehead atoms. The molecule has 0 saturated carbocycles. The van der Waals surface area contributed by atoms with Crippen LogP contribution in [0.1, 0.15) is 29.7 Å². The van der Waals surface area contributed by atoms with Crippen molar-refractivity contribution in [3.8, 4) is 5.75 Å². The Morgan fingerprint density at radius 1 is 1.00 bits per heavy atom. The predicted octanol–water partition coefficient (Wildman–Crippen LogP) is 2.39. The summed E-state index contributed by atoms with van der Waals surface area (Å²) in [7, 11) is 3.81. The van der Waals surface area contributed by atoms with Crippen molar-refractivity contribution in [2.24, 2.45) is 0 Å². The van der Waals surface area contributed by atoms with Crippen LogP contribution in [0.15, 0.2) is 42.5 Å². The molecule has 0 aromatic heterocycles. The normalized spacial score (nSPS) is 25.8. The van der Waals surface area contributed by atoms with Crippen LogP contribution < -0.4 is 4.74 Å². The summed E-state index contributed by atoms with van der Waals surface area (Å²) in [5.41, 5.74) is 2.56. The Kier molecular flexibility index (Phi) is 8.90. The molecule has 176 valence electrons. The summed E-state index contributed by atoms with van der Waals surface area (Å²) in [6.45, 7) is 3.49. The maximum absolute atomic E-state index is 10.6. The molecule has 3 rings (SSSR count). The maximum atomic E-state index is 10.6. The lowest BCUT2D eigenvalue weighted by Gasteiger charge is -2.40. The number of hydrogen-bond acceptors (Lipinski definition) is 7. The van der Waals surface area contributed by atoms with Crippen molar-refractivity contribution >= 4 is 11.6 Å². The van der Waals surface area contributed by atoms with Gasteiger partial charge in [-0.05, 0) is 62.3 Å². The third kappa shape index (κ3) is 6.20. The van der Waals surface area contributed by atoms with Crippen LogP contribution in [-0.2, 0) is 15.9 Å². The van der Waals surface area contributed by atoms with Gasteiger partial charge in [0.05, 0.1) is 13.2 Å². The minimum absolute atomic E-state index is 0.313. The fraction of sp³-hybridized carbons (Fsp3) is 0.500. The molecule has 1 heterocycles. The Bertz CT molecular complexity index is 862. The van der Waals surface area contributed by atoms with Crippen molar-refractivity contribution in [3.63, 3.8) is 0 Å². The van der Waals surface area contributed by atoms with Gasteiger partial charge in [-0.25, -0.2) is 0 Å². The first-order valence-electron chi connectivity index (χ1n) is 10.8. The summed E-state index contributed by atoms with van der Waals surface area (Å²) in [5.74, 6) is 0.808. The summed E-state index contributed by atoms with van der Waals surface area (Å²) in [4.78, 5) is 1.93. The van der Waals surface area contributed by atoms with Crippen LogP contribution in [0.4, 0.5) is 0 Å². The van der Waals surface area contributed by atoms with Crippen molar-refractivity contribution in [3.05, 3.63) is 64.2 Å². The molecule has 32 heavy (non-hydrogen) atoms. The van der Waals surface area contributed by atoms with Crippen LogP contribution in [0.5, 0.6) is 5.75 Å². The van der Waals surface area contributed by atoms with Crippen LogP contribution in [-0.4, -0.2) is 78.7 Å². The lowest BCUT2D eigenvalue weighted by molar-refractivity contribution is -0.299. The number of aliphatic hydroxyl groups is 3. The maximum Gasteiger partial charge on any atom is 0.186 e. The van der Waals surface area contributed by atoms with E-state index in [1.54, 1.807) is 12.1 Å². The van der Waals surface area contributed by atoms with Crippen molar-refractivity contribution < 1.29 is 29.5 Å². The minimum atomic E-state index is -1.40. The molecule has 1 unspecified atom stereocenters. The zero-order valence-corrected chi connectivity index (χ0v) is 19.4. The average Bonchev–Trinajstić information content (AvgIpc) is 2.77. The standard InChI is InChI=1S/C24H32ClNO6/c1-4-30-18-8-5-15(6-9-18)13-17-14-16(7-10-19(17)25)23-21(28)20(27)22(29)24(32-23)31-12-11-26(2)3/h5-10,14,20-24,27-29H,4,11-13H2,1-3H3/t20-,21-,22+,23+,24?/m1/s1. The van der Waals surface area contributed by atoms with Crippen LogP contribution in [0, 0.1) is 0 Å². The highest BCUT2D eigenvalue weighted by Crippen LogP contribution is 2.35. The molecular weight excluding hydrogens is 434 g/mol. The van der Waals surface area contributed by atoms with E-state index in [2.05, 4.69) is 0 Å². The SMILES string of the molecule is CCOc1ccc(Cc2cc([C@@H]3OC(OCCN(C)C)[C@@H](O)[C@H](O)[C@H]3O)ccc2Cl)cc1. The molecule has 7 nitrogen and oxygen atoms in total. The summed E-state index contributed by atoms with van der Waals surface area (Å²) in [5, 5.41) is 31.8. The molecule has 0 spiro atoms. The first-order valence-corrected chi connectivity index (χ1v) is 11.1. The van der Waals surface area contributed by atoms with Gasteiger partial charge in [0, 0.05) is 11.6 Å². The first-order chi connectivity index (χ1) is 15.3. The molecule has 2 aromatic rings. The quantitative estimate of drug-likeness (QED) is 0.523. The van der Waals surface area contributed by atoms with Crippen molar-refractivity contribution in [2.45, 2.75) is 44.1 Å². The largest absolute Gasteiger partial charge is 0.494 e. The molecule has 0 radical (unpaired) electrons.